The largest absolute Gasteiger partial charge is 0.394 e. The molecule has 0 fully saturated rings. The van der Waals surface area contributed by atoms with Crippen LogP contribution in [0.25, 0.3) is 0 Å². The number of thioether (sulfide) groups is 2. The quantitative estimate of drug-likeness (QED) is 0.574. The Morgan fingerprint density at radius 1 is 1.43 bits per heavy atom. The minimum absolute atomic E-state index is 0.215. The van der Waals surface area contributed by atoms with Gasteiger partial charge in [0.25, 0.3) is 0 Å². The van der Waals surface area contributed by atoms with E-state index in [1.165, 1.54) is 18.1 Å². The Morgan fingerprint density at radius 2 is 2.14 bits per heavy atom. The second kappa shape index (κ2) is 6.23. The van der Waals surface area contributed by atoms with Gasteiger partial charge in [-0.05, 0) is 6.26 Å². The molecule has 1 atom stereocenters. The van der Waals surface area contributed by atoms with Crippen LogP contribution >= 0.6 is 23.5 Å². The van der Waals surface area contributed by atoms with Crippen LogP contribution in [-0.4, -0.2) is 44.9 Å². The van der Waals surface area contributed by atoms with Crippen molar-refractivity contribution in [3.8, 4) is 0 Å². The summed E-state index contributed by atoms with van der Waals surface area (Å²) in [6.07, 6.45) is 2.76. The number of rotatable bonds is 5. The predicted octanol–water partition coefficient (Wildman–Crippen LogP) is 0.644. The summed E-state index contributed by atoms with van der Waals surface area (Å²) in [6.45, 7) is -0.215. The first kappa shape index (κ1) is 11.8. The van der Waals surface area contributed by atoms with Gasteiger partial charge < -0.3 is 10.2 Å². The average molecular weight is 232 g/mol. The molecule has 0 saturated carbocycles. The molecule has 1 aromatic heterocycles. The van der Waals surface area contributed by atoms with Gasteiger partial charge in [-0.3, -0.25) is 0 Å². The van der Waals surface area contributed by atoms with Gasteiger partial charge >= 0.3 is 0 Å². The molecule has 1 aromatic rings. The zero-order valence-corrected chi connectivity index (χ0v) is 9.38. The number of hydrogen-bond acceptors (Lipinski definition) is 6. The first-order valence-corrected chi connectivity index (χ1v) is 6.25. The Morgan fingerprint density at radius 3 is 2.79 bits per heavy atom. The molecular formula is C8H12N2O2S2. The lowest BCUT2D eigenvalue weighted by Gasteiger charge is -2.05. The van der Waals surface area contributed by atoms with E-state index in [1.807, 2.05) is 12.3 Å². The molecule has 0 amide bonds. The van der Waals surface area contributed by atoms with Crippen LogP contribution in [0.4, 0.5) is 0 Å². The highest BCUT2D eigenvalue weighted by atomic mass is 32.2. The molecule has 0 aliphatic rings. The van der Waals surface area contributed by atoms with Crippen LogP contribution in [0.1, 0.15) is 0 Å². The van der Waals surface area contributed by atoms with Gasteiger partial charge in [0.2, 0.25) is 0 Å². The first-order valence-electron chi connectivity index (χ1n) is 4.04. The Kier molecular flexibility index (Phi) is 5.24. The lowest BCUT2D eigenvalue weighted by Crippen LogP contribution is -2.14. The summed E-state index contributed by atoms with van der Waals surface area (Å²) in [6, 6.07) is 1.86. The van der Waals surface area contributed by atoms with E-state index in [0.717, 1.165) is 10.1 Å². The fourth-order valence-corrected chi connectivity index (χ4v) is 1.99. The normalized spacial score (nSPS) is 12.8. The molecule has 0 aliphatic heterocycles. The molecule has 1 unspecified atom stereocenters. The molecule has 2 N–H and O–H groups in total. The van der Waals surface area contributed by atoms with Gasteiger partial charge in [0.05, 0.1) is 12.7 Å². The van der Waals surface area contributed by atoms with Crippen molar-refractivity contribution >= 4 is 23.5 Å². The topological polar surface area (TPSA) is 66.2 Å². The molecule has 0 saturated heterocycles. The Balaban J connectivity index is 2.50. The van der Waals surface area contributed by atoms with Gasteiger partial charge in [0.15, 0.2) is 0 Å². The Labute approximate surface area is 91.2 Å². The lowest BCUT2D eigenvalue weighted by atomic mass is 10.4. The smallest absolute Gasteiger partial charge is 0.117 e. The third kappa shape index (κ3) is 3.83. The van der Waals surface area contributed by atoms with Gasteiger partial charge in [-0.25, -0.2) is 9.97 Å². The third-order valence-electron chi connectivity index (χ3n) is 1.46. The Bertz CT molecular complexity index is 286. The maximum atomic E-state index is 9.13. The van der Waals surface area contributed by atoms with Crippen molar-refractivity contribution in [2.24, 2.45) is 0 Å². The minimum Gasteiger partial charge on any atom is -0.394 e. The molecule has 4 nitrogen and oxygen atoms in total. The highest BCUT2D eigenvalue weighted by Gasteiger charge is 2.04. The summed E-state index contributed by atoms with van der Waals surface area (Å²) >= 11 is 2.95. The summed E-state index contributed by atoms with van der Waals surface area (Å²) in [5, 5.41) is 19.5. The molecular weight excluding hydrogens is 220 g/mol. The molecule has 1 rings (SSSR count). The van der Waals surface area contributed by atoms with Crippen LogP contribution in [-0.2, 0) is 0 Å². The molecule has 0 spiro atoms. The van der Waals surface area contributed by atoms with Crippen molar-refractivity contribution in [3.63, 3.8) is 0 Å². The van der Waals surface area contributed by atoms with Crippen LogP contribution in [0, 0.1) is 0 Å². The lowest BCUT2D eigenvalue weighted by molar-refractivity contribution is 0.113. The Hall–Kier alpha value is -0.300. The average Bonchev–Trinajstić information content (AvgIpc) is 2.26. The standard InChI is InChI=1S/C8H12N2O2S2/c1-13-7-2-8(10-5-9-7)14-4-6(12)3-11/h2,5-6,11-12H,3-4H2,1H3. The summed E-state index contributed by atoms with van der Waals surface area (Å²) in [5.41, 5.74) is 0. The van der Waals surface area contributed by atoms with Gasteiger partial charge in [-0.2, -0.15) is 0 Å². The van der Waals surface area contributed by atoms with E-state index >= 15 is 0 Å². The van der Waals surface area contributed by atoms with E-state index in [4.69, 9.17) is 10.2 Å². The molecule has 14 heavy (non-hydrogen) atoms. The van der Waals surface area contributed by atoms with Crippen LogP contribution in [0.2, 0.25) is 0 Å². The molecule has 0 aliphatic carbocycles. The number of aliphatic hydroxyl groups excluding tert-OH is 2. The first-order chi connectivity index (χ1) is 6.76. The van der Waals surface area contributed by atoms with Crippen molar-refractivity contribution < 1.29 is 10.2 Å². The second-order valence-corrected chi connectivity index (χ2v) is 4.41. The highest BCUT2D eigenvalue weighted by molar-refractivity contribution is 7.99. The monoisotopic (exact) mass is 232 g/mol. The fraction of sp³-hybridized carbons (Fsp3) is 0.500. The number of aromatic nitrogens is 2. The SMILES string of the molecule is CSc1cc(SCC(O)CO)ncn1. The van der Waals surface area contributed by atoms with Gasteiger partial charge in [-0.15, -0.1) is 23.5 Å². The maximum absolute atomic E-state index is 9.13. The summed E-state index contributed by atoms with van der Waals surface area (Å²) in [4.78, 5) is 8.07. The van der Waals surface area contributed by atoms with E-state index in [1.54, 1.807) is 11.8 Å². The van der Waals surface area contributed by atoms with Crippen LogP contribution in [0.15, 0.2) is 22.4 Å². The van der Waals surface area contributed by atoms with E-state index in [9.17, 15) is 0 Å². The third-order valence-corrected chi connectivity index (χ3v) is 3.17. The van der Waals surface area contributed by atoms with E-state index in [2.05, 4.69) is 9.97 Å². The van der Waals surface area contributed by atoms with Gasteiger partial charge in [0, 0.05) is 11.8 Å². The zero-order valence-electron chi connectivity index (χ0n) is 7.75. The number of nitrogens with zero attached hydrogens (tertiary/aromatic N) is 2. The van der Waals surface area contributed by atoms with Crippen LogP contribution in [0.5, 0.6) is 0 Å². The van der Waals surface area contributed by atoms with Gasteiger partial charge in [-0.1, -0.05) is 0 Å². The van der Waals surface area contributed by atoms with E-state index < -0.39 is 6.10 Å². The van der Waals surface area contributed by atoms with E-state index in [0.29, 0.717) is 5.75 Å². The molecule has 0 radical (unpaired) electrons. The summed E-state index contributed by atoms with van der Waals surface area (Å²) in [5.74, 6) is 0.446. The zero-order chi connectivity index (χ0) is 10.4. The molecule has 0 bridgehead atoms. The number of hydrogen-bond donors (Lipinski definition) is 2. The number of aliphatic hydroxyl groups is 2. The fourth-order valence-electron chi connectivity index (χ4n) is 0.748. The predicted molar refractivity (Wildman–Crippen MR) is 57.6 cm³/mol. The maximum Gasteiger partial charge on any atom is 0.117 e. The molecule has 6 heteroatoms. The summed E-state index contributed by atoms with van der Waals surface area (Å²) in [7, 11) is 0. The minimum atomic E-state index is -0.687. The molecule has 78 valence electrons. The van der Waals surface area contributed by atoms with Crippen molar-refractivity contribution in [3.05, 3.63) is 12.4 Å². The molecule has 1 heterocycles. The van der Waals surface area contributed by atoms with E-state index in [-0.39, 0.29) is 6.61 Å². The van der Waals surface area contributed by atoms with Gasteiger partial charge in [0.1, 0.15) is 16.4 Å². The van der Waals surface area contributed by atoms with Crippen molar-refractivity contribution in [2.75, 3.05) is 18.6 Å². The van der Waals surface area contributed by atoms with Crippen molar-refractivity contribution in [1.82, 2.24) is 9.97 Å². The highest BCUT2D eigenvalue weighted by Crippen LogP contribution is 2.19. The second-order valence-electron chi connectivity index (χ2n) is 2.55. The van der Waals surface area contributed by atoms with Crippen LogP contribution in [0.3, 0.4) is 0 Å². The van der Waals surface area contributed by atoms with Crippen LogP contribution < -0.4 is 0 Å². The summed E-state index contributed by atoms with van der Waals surface area (Å²) < 4.78 is 0. The van der Waals surface area contributed by atoms with Crippen molar-refractivity contribution in [2.45, 2.75) is 16.2 Å². The molecule has 0 aromatic carbocycles. The van der Waals surface area contributed by atoms with Crippen molar-refractivity contribution in [1.29, 1.82) is 0 Å².